The Morgan fingerprint density at radius 1 is 1.09 bits per heavy atom. The second kappa shape index (κ2) is 6.76. The van der Waals surface area contributed by atoms with Gasteiger partial charge in [-0.15, -0.1) is 0 Å². The van der Waals surface area contributed by atoms with Crippen LogP contribution in [-0.2, 0) is 4.74 Å². The normalized spacial score (nSPS) is 10.1. The lowest BCUT2D eigenvalue weighted by Gasteiger charge is -2.10. The average Bonchev–Trinajstić information content (AvgIpc) is 2.50. The van der Waals surface area contributed by atoms with Gasteiger partial charge in [0.25, 0.3) is 0 Å². The Kier molecular flexibility index (Phi) is 4.78. The Hall–Kier alpha value is -2.82. The molecule has 0 saturated heterocycles. The number of esters is 1. The number of hydrogen-bond donors (Lipinski definition) is 1. The van der Waals surface area contributed by atoms with Gasteiger partial charge in [-0.3, -0.25) is 0 Å². The van der Waals surface area contributed by atoms with Crippen LogP contribution in [0.5, 0.6) is 11.5 Å². The number of carboxylic acid groups (broad SMARTS) is 1. The van der Waals surface area contributed by atoms with E-state index in [1.807, 2.05) is 6.92 Å². The summed E-state index contributed by atoms with van der Waals surface area (Å²) in [6.07, 6.45) is 0. The van der Waals surface area contributed by atoms with Crippen molar-refractivity contribution in [2.24, 2.45) is 0 Å². The predicted molar refractivity (Wildman–Crippen MR) is 80.6 cm³/mol. The fraction of sp³-hybridized carbons (Fsp3) is 0.176. The summed E-state index contributed by atoms with van der Waals surface area (Å²) in [4.78, 5) is 22.8. The van der Waals surface area contributed by atoms with E-state index >= 15 is 0 Å². The van der Waals surface area contributed by atoms with Crippen LogP contribution < -0.4 is 4.74 Å². The predicted octanol–water partition coefficient (Wildman–Crippen LogP) is 3.66. The Morgan fingerprint density at radius 3 is 2.36 bits per heavy atom. The number of benzene rings is 2. The second-order valence-corrected chi connectivity index (χ2v) is 4.65. The highest BCUT2D eigenvalue weighted by Crippen LogP contribution is 2.26. The molecule has 0 atom stereocenters. The standard InChI is InChI=1S/C17H16O5/c1-3-21-17(20)12-5-7-13(8-6-12)22-15-9-4-11(2)10-14(15)16(18)19/h4-10H,3H2,1-2H3,(H,18,19). The van der Waals surface area contributed by atoms with Crippen molar-refractivity contribution >= 4 is 11.9 Å². The fourth-order valence-electron chi connectivity index (χ4n) is 1.90. The third-order valence-electron chi connectivity index (χ3n) is 2.96. The van der Waals surface area contributed by atoms with Gasteiger partial charge in [0.1, 0.15) is 17.1 Å². The number of carbonyl (C=O) groups excluding carboxylic acids is 1. The zero-order chi connectivity index (χ0) is 16.1. The summed E-state index contributed by atoms with van der Waals surface area (Å²) in [5.74, 6) is -0.765. The van der Waals surface area contributed by atoms with Crippen molar-refractivity contribution in [1.29, 1.82) is 0 Å². The average molecular weight is 300 g/mol. The van der Waals surface area contributed by atoms with Crippen molar-refractivity contribution < 1.29 is 24.2 Å². The topological polar surface area (TPSA) is 72.8 Å². The van der Waals surface area contributed by atoms with E-state index in [2.05, 4.69) is 0 Å². The lowest BCUT2D eigenvalue weighted by Crippen LogP contribution is -2.04. The maximum atomic E-state index is 11.6. The molecule has 2 aromatic rings. The van der Waals surface area contributed by atoms with Crippen LogP contribution in [0.15, 0.2) is 42.5 Å². The molecule has 0 unspecified atom stereocenters. The Balaban J connectivity index is 2.21. The maximum Gasteiger partial charge on any atom is 0.339 e. The van der Waals surface area contributed by atoms with Gasteiger partial charge in [-0.25, -0.2) is 9.59 Å². The molecule has 0 saturated carbocycles. The number of aryl methyl sites for hydroxylation is 1. The van der Waals surface area contributed by atoms with Gasteiger partial charge < -0.3 is 14.6 Å². The Bertz CT molecular complexity index is 689. The van der Waals surface area contributed by atoms with Gasteiger partial charge >= 0.3 is 11.9 Å². The molecule has 5 heteroatoms. The summed E-state index contributed by atoms with van der Waals surface area (Å²) in [5, 5.41) is 9.20. The van der Waals surface area contributed by atoms with E-state index in [0.717, 1.165) is 5.56 Å². The molecule has 2 aromatic carbocycles. The van der Waals surface area contributed by atoms with Crippen LogP contribution in [0.4, 0.5) is 0 Å². The molecule has 0 fully saturated rings. The van der Waals surface area contributed by atoms with Crippen LogP contribution >= 0.6 is 0 Å². The Morgan fingerprint density at radius 2 is 1.77 bits per heavy atom. The number of carboxylic acids is 1. The molecule has 1 N–H and O–H groups in total. The first kappa shape index (κ1) is 15.6. The summed E-state index contributed by atoms with van der Waals surface area (Å²) < 4.78 is 10.5. The largest absolute Gasteiger partial charge is 0.478 e. The van der Waals surface area contributed by atoms with Gasteiger partial charge in [0.05, 0.1) is 12.2 Å². The highest BCUT2D eigenvalue weighted by Gasteiger charge is 2.13. The zero-order valence-corrected chi connectivity index (χ0v) is 12.3. The van der Waals surface area contributed by atoms with Gasteiger partial charge in [-0.2, -0.15) is 0 Å². The molecular weight excluding hydrogens is 284 g/mol. The lowest BCUT2D eigenvalue weighted by molar-refractivity contribution is 0.0526. The molecule has 0 radical (unpaired) electrons. The number of carbonyl (C=O) groups is 2. The van der Waals surface area contributed by atoms with Crippen molar-refractivity contribution in [1.82, 2.24) is 0 Å². The molecule has 22 heavy (non-hydrogen) atoms. The van der Waals surface area contributed by atoms with Crippen LogP contribution in [-0.4, -0.2) is 23.7 Å². The molecule has 0 aromatic heterocycles. The molecule has 0 aliphatic heterocycles. The zero-order valence-electron chi connectivity index (χ0n) is 12.3. The van der Waals surface area contributed by atoms with E-state index in [1.165, 1.54) is 0 Å². The van der Waals surface area contributed by atoms with Crippen LogP contribution in [0, 0.1) is 6.92 Å². The minimum Gasteiger partial charge on any atom is -0.478 e. The summed E-state index contributed by atoms with van der Waals surface area (Å²) in [5.41, 5.74) is 1.34. The molecule has 0 spiro atoms. The van der Waals surface area contributed by atoms with Crippen LogP contribution in [0.3, 0.4) is 0 Å². The van der Waals surface area contributed by atoms with Gasteiger partial charge in [0, 0.05) is 0 Å². The van der Waals surface area contributed by atoms with Crippen LogP contribution in [0.2, 0.25) is 0 Å². The highest BCUT2D eigenvalue weighted by atomic mass is 16.5. The SMILES string of the molecule is CCOC(=O)c1ccc(Oc2ccc(C)cc2C(=O)O)cc1. The molecule has 2 rings (SSSR count). The fourth-order valence-corrected chi connectivity index (χ4v) is 1.90. The van der Waals surface area contributed by atoms with E-state index < -0.39 is 11.9 Å². The molecule has 114 valence electrons. The summed E-state index contributed by atoms with van der Waals surface area (Å²) in [7, 11) is 0. The highest BCUT2D eigenvalue weighted by molar-refractivity contribution is 5.91. The first-order chi connectivity index (χ1) is 10.5. The summed E-state index contributed by atoms with van der Waals surface area (Å²) in [6.45, 7) is 3.85. The van der Waals surface area contributed by atoms with Crippen molar-refractivity contribution in [2.75, 3.05) is 6.61 Å². The number of aromatic carboxylic acids is 1. The van der Waals surface area contributed by atoms with Gasteiger partial charge in [-0.05, 0) is 50.2 Å². The van der Waals surface area contributed by atoms with Crippen molar-refractivity contribution in [3.8, 4) is 11.5 Å². The van der Waals surface area contributed by atoms with E-state index in [9.17, 15) is 14.7 Å². The number of rotatable bonds is 5. The van der Waals surface area contributed by atoms with Gasteiger partial charge in [-0.1, -0.05) is 11.6 Å². The van der Waals surface area contributed by atoms with E-state index in [1.54, 1.807) is 49.4 Å². The molecule has 0 amide bonds. The summed E-state index contributed by atoms with van der Waals surface area (Å²) >= 11 is 0. The van der Waals surface area contributed by atoms with Crippen LogP contribution in [0.1, 0.15) is 33.2 Å². The van der Waals surface area contributed by atoms with Crippen LogP contribution in [0.25, 0.3) is 0 Å². The first-order valence-electron chi connectivity index (χ1n) is 6.80. The van der Waals surface area contributed by atoms with Crippen molar-refractivity contribution in [3.63, 3.8) is 0 Å². The smallest absolute Gasteiger partial charge is 0.339 e. The summed E-state index contributed by atoms with van der Waals surface area (Å²) in [6, 6.07) is 11.3. The number of ether oxygens (including phenoxy) is 2. The lowest BCUT2D eigenvalue weighted by atomic mass is 10.1. The van der Waals surface area contributed by atoms with E-state index in [4.69, 9.17) is 9.47 Å². The molecule has 0 bridgehead atoms. The minimum atomic E-state index is -1.05. The first-order valence-corrected chi connectivity index (χ1v) is 6.80. The van der Waals surface area contributed by atoms with E-state index in [0.29, 0.717) is 17.9 Å². The van der Waals surface area contributed by atoms with E-state index in [-0.39, 0.29) is 11.3 Å². The van der Waals surface area contributed by atoms with Crippen molar-refractivity contribution in [2.45, 2.75) is 13.8 Å². The minimum absolute atomic E-state index is 0.0921. The molecule has 0 heterocycles. The molecule has 0 aliphatic carbocycles. The number of hydrogen-bond acceptors (Lipinski definition) is 4. The monoisotopic (exact) mass is 300 g/mol. The van der Waals surface area contributed by atoms with Gasteiger partial charge in [0.2, 0.25) is 0 Å². The third-order valence-corrected chi connectivity index (χ3v) is 2.96. The third kappa shape index (κ3) is 3.63. The molecule has 0 aliphatic rings. The van der Waals surface area contributed by atoms with Crippen molar-refractivity contribution in [3.05, 3.63) is 59.2 Å². The van der Waals surface area contributed by atoms with Gasteiger partial charge in [0.15, 0.2) is 0 Å². The quantitative estimate of drug-likeness (QED) is 0.853. The molecular formula is C17H16O5. The Labute approximate surface area is 128 Å². The second-order valence-electron chi connectivity index (χ2n) is 4.65. The maximum absolute atomic E-state index is 11.6. The molecule has 5 nitrogen and oxygen atoms in total.